The van der Waals surface area contributed by atoms with Crippen molar-refractivity contribution in [3.05, 3.63) is 40.0 Å². The van der Waals surface area contributed by atoms with E-state index in [9.17, 15) is 0 Å². The first-order valence-corrected chi connectivity index (χ1v) is 5.71. The lowest BCUT2D eigenvalue weighted by Gasteiger charge is -2.09. The summed E-state index contributed by atoms with van der Waals surface area (Å²) in [6.07, 6.45) is 0. The van der Waals surface area contributed by atoms with Crippen LogP contribution in [0.4, 0.5) is 0 Å². The summed E-state index contributed by atoms with van der Waals surface area (Å²) in [6.45, 7) is 4.91. The molecule has 1 aromatic carbocycles. The lowest BCUT2D eigenvalue weighted by molar-refractivity contribution is 0.807. The molecule has 1 N–H and O–H groups in total. The average molecular weight is 235 g/mol. The van der Waals surface area contributed by atoms with E-state index in [0.717, 1.165) is 28.2 Å². The minimum atomic E-state index is 0.769. The standard InChI is InChI=1S/C13H15ClN2/c1-8-4-5-12(14)11-6-10(7-15-3)9(2)16-13(8)11/h4-6,15H,7H2,1-3H3. The molecule has 0 aliphatic rings. The maximum absolute atomic E-state index is 6.19. The summed E-state index contributed by atoms with van der Waals surface area (Å²) < 4.78 is 0. The highest BCUT2D eigenvalue weighted by Crippen LogP contribution is 2.26. The number of aryl methyl sites for hydroxylation is 2. The molecule has 1 aromatic heterocycles. The number of rotatable bonds is 2. The van der Waals surface area contributed by atoms with Gasteiger partial charge in [0.15, 0.2) is 0 Å². The topological polar surface area (TPSA) is 24.9 Å². The van der Waals surface area contributed by atoms with Crippen LogP contribution in [0.1, 0.15) is 16.8 Å². The van der Waals surface area contributed by atoms with Gasteiger partial charge in [0.25, 0.3) is 0 Å². The van der Waals surface area contributed by atoms with E-state index in [-0.39, 0.29) is 0 Å². The van der Waals surface area contributed by atoms with Crippen LogP contribution in [0, 0.1) is 13.8 Å². The summed E-state index contributed by atoms with van der Waals surface area (Å²) >= 11 is 6.19. The monoisotopic (exact) mass is 234 g/mol. The summed E-state index contributed by atoms with van der Waals surface area (Å²) in [5.74, 6) is 0. The van der Waals surface area contributed by atoms with Gasteiger partial charge in [0.05, 0.1) is 5.52 Å². The van der Waals surface area contributed by atoms with Crippen LogP contribution in [0.15, 0.2) is 18.2 Å². The molecular weight excluding hydrogens is 220 g/mol. The summed E-state index contributed by atoms with van der Waals surface area (Å²) in [7, 11) is 1.93. The van der Waals surface area contributed by atoms with E-state index in [4.69, 9.17) is 11.6 Å². The third-order valence-electron chi connectivity index (χ3n) is 2.80. The maximum Gasteiger partial charge on any atom is 0.0749 e. The van der Waals surface area contributed by atoms with Crippen molar-refractivity contribution in [2.75, 3.05) is 7.05 Å². The van der Waals surface area contributed by atoms with Gasteiger partial charge in [-0.15, -0.1) is 0 Å². The van der Waals surface area contributed by atoms with E-state index in [1.165, 1.54) is 11.1 Å². The molecule has 84 valence electrons. The zero-order valence-electron chi connectivity index (χ0n) is 9.76. The molecule has 0 fully saturated rings. The van der Waals surface area contributed by atoms with Crippen molar-refractivity contribution in [1.29, 1.82) is 0 Å². The second kappa shape index (κ2) is 4.40. The van der Waals surface area contributed by atoms with Gasteiger partial charge in [-0.2, -0.15) is 0 Å². The number of pyridine rings is 1. The third kappa shape index (κ3) is 1.91. The van der Waals surface area contributed by atoms with Gasteiger partial charge in [0, 0.05) is 22.6 Å². The Labute approximate surface area is 101 Å². The van der Waals surface area contributed by atoms with E-state index in [0.29, 0.717) is 0 Å². The lowest BCUT2D eigenvalue weighted by atomic mass is 10.1. The van der Waals surface area contributed by atoms with Gasteiger partial charge < -0.3 is 5.32 Å². The van der Waals surface area contributed by atoms with Crippen molar-refractivity contribution in [2.45, 2.75) is 20.4 Å². The van der Waals surface area contributed by atoms with Gasteiger partial charge in [-0.05, 0) is 44.2 Å². The average Bonchev–Trinajstić information content (AvgIpc) is 2.26. The molecule has 0 radical (unpaired) electrons. The fourth-order valence-electron chi connectivity index (χ4n) is 1.87. The fourth-order valence-corrected chi connectivity index (χ4v) is 2.07. The Morgan fingerprint density at radius 1 is 1.31 bits per heavy atom. The van der Waals surface area contributed by atoms with E-state index in [1.54, 1.807) is 0 Å². The SMILES string of the molecule is CNCc1cc2c(Cl)ccc(C)c2nc1C. The first kappa shape index (κ1) is 11.4. The maximum atomic E-state index is 6.19. The number of halogens is 1. The highest BCUT2D eigenvalue weighted by molar-refractivity contribution is 6.35. The van der Waals surface area contributed by atoms with Gasteiger partial charge in [-0.1, -0.05) is 17.7 Å². The molecule has 1 heterocycles. The molecule has 0 aliphatic heterocycles. The fraction of sp³-hybridized carbons (Fsp3) is 0.308. The number of fused-ring (bicyclic) bond motifs is 1. The molecule has 0 amide bonds. The molecule has 16 heavy (non-hydrogen) atoms. The third-order valence-corrected chi connectivity index (χ3v) is 3.13. The van der Waals surface area contributed by atoms with E-state index in [1.807, 2.05) is 26.1 Å². The Morgan fingerprint density at radius 3 is 2.75 bits per heavy atom. The molecule has 2 aromatic rings. The summed E-state index contributed by atoms with van der Waals surface area (Å²) in [5, 5.41) is 4.95. The van der Waals surface area contributed by atoms with E-state index < -0.39 is 0 Å². The Balaban J connectivity index is 2.73. The van der Waals surface area contributed by atoms with Crippen LogP contribution in [0.5, 0.6) is 0 Å². The van der Waals surface area contributed by atoms with Crippen LogP contribution >= 0.6 is 11.6 Å². The normalized spacial score (nSPS) is 11.0. The van der Waals surface area contributed by atoms with Crippen LogP contribution < -0.4 is 5.32 Å². The van der Waals surface area contributed by atoms with Crippen molar-refractivity contribution in [3.8, 4) is 0 Å². The van der Waals surface area contributed by atoms with E-state index >= 15 is 0 Å². The largest absolute Gasteiger partial charge is 0.316 e. The molecule has 0 unspecified atom stereocenters. The van der Waals surface area contributed by atoms with Gasteiger partial charge in [0.1, 0.15) is 0 Å². The van der Waals surface area contributed by atoms with Crippen molar-refractivity contribution in [1.82, 2.24) is 10.3 Å². The van der Waals surface area contributed by atoms with Crippen molar-refractivity contribution >= 4 is 22.5 Å². The van der Waals surface area contributed by atoms with Crippen molar-refractivity contribution in [3.63, 3.8) is 0 Å². The van der Waals surface area contributed by atoms with Crippen molar-refractivity contribution in [2.24, 2.45) is 0 Å². The molecule has 0 saturated carbocycles. The van der Waals surface area contributed by atoms with E-state index in [2.05, 4.69) is 23.3 Å². The van der Waals surface area contributed by atoms with Gasteiger partial charge in [-0.25, -0.2) is 0 Å². The Hall–Kier alpha value is -1.12. The number of nitrogens with zero attached hydrogens (tertiary/aromatic N) is 1. The number of nitrogens with one attached hydrogen (secondary N) is 1. The number of benzene rings is 1. The van der Waals surface area contributed by atoms with Crippen LogP contribution in [0.2, 0.25) is 5.02 Å². The highest BCUT2D eigenvalue weighted by Gasteiger charge is 2.07. The zero-order valence-corrected chi connectivity index (χ0v) is 10.5. The smallest absolute Gasteiger partial charge is 0.0749 e. The molecule has 0 aliphatic carbocycles. The number of aromatic nitrogens is 1. The first-order chi connectivity index (χ1) is 7.63. The van der Waals surface area contributed by atoms with Gasteiger partial charge >= 0.3 is 0 Å². The molecule has 2 nitrogen and oxygen atoms in total. The molecular formula is C13H15ClN2. The zero-order chi connectivity index (χ0) is 11.7. The Kier molecular flexibility index (Phi) is 3.13. The van der Waals surface area contributed by atoms with Crippen LogP contribution in [0.25, 0.3) is 10.9 Å². The highest BCUT2D eigenvalue weighted by atomic mass is 35.5. The summed E-state index contributed by atoms with van der Waals surface area (Å²) in [5.41, 5.74) is 4.43. The molecule has 0 spiro atoms. The molecule has 0 atom stereocenters. The summed E-state index contributed by atoms with van der Waals surface area (Å²) in [6, 6.07) is 6.07. The van der Waals surface area contributed by atoms with Crippen LogP contribution in [0.3, 0.4) is 0 Å². The van der Waals surface area contributed by atoms with Gasteiger partial charge in [-0.3, -0.25) is 4.98 Å². The van der Waals surface area contributed by atoms with Crippen LogP contribution in [-0.4, -0.2) is 12.0 Å². The number of hydrogen-bond acceptors (Lipinski definition) is 2. The molecule has 3 heteroatoms. The Morgan fingerprint density at radius 2 is 2.06 bits per heavy atom. The predicted molar refractivity (Wildman–Crippen MR) is 69.0 cm³/mol. The number of hydrogen-bond donors (Lipinski definition) is 1. The molecule has 0 saturated heterocycles. The van der Waals surface area contributed by atoms with Gasteiger partial charge in [0.2, 0.25) is 0 Å². The summed E-state index contributed by atoms with van der Waals surface area (Å²) in [4.78, 5) is 4.63. The predicted octanol–water partition coefficient (Wildman–Crippen LogP) is 3.22. The Bertz CT molecular complexity index is 535. The second-order valence-corrected chi connectivity index (χ2v) is 4.43. The molecule has 0 bridgehead atoms. The molecule has 2 rings (SSSR count). The lowest BCUT2D eigenvalue weighted by Crippen LogP contribution is -2.07. The van der Waals surface area contributed by atoms with Crippen LogP contribution in [-0.2, 0) is 6.54 Å². The van der Waals surface area contributed by atoms with Crippen molar-refractivity contribution < 1.29 is 0 Å². The first-order valence-electron chi connectivity index (χ1n) is 5.33. The minimum absolute atomic E-state index is 0.769. The second-order valence-electron chi connectivity index (χ2n) is 4.02. The minimum Gasteiger partial charge on any atom is -0.316 e. The quantitative estimate of drug-likeness (QED) is 0.863.